The topological polar surface area (TPSA) is 46.2 Å². The summed E-state index contributed by atoms with van der Waals surface area (Å²) < 4.78 is 28.2. The maximum Gasteiger partial charge on any atom is 0.240 e. The molecular weight excluding hydrogens is 346 g/mol. The Bertz CT molecular complexity index is 679. The first-order valence-electron chi connectivity index (χ1n) is 9.23. The van der Waals surface area contributed by atoms with Crippen molar-refractivity contribution in [3.8, 4) is 11.5 Å². The Labute approximate surface area is 155 Å². The van der Waals surface area contributed by atoms with E-state index in [-0.39, 0.29) is 6.04 Å². The summed E-state index contributed by atoms with van der Waals surface area (Å²) >= 11 is 0. The van der Waals surface area contributed by atoms with E-state index in [2.05, 4.69) is 42.8 Å². The van der Waals surface area contributed by atoms with Gasteiger partial charge in [-0.15, -0.1) is 11.5 Å². The van der Waals surface area contributed by atoms with Crippen LogP contribution in [0.5, 0.6) is 0 Å². The second kappa shape index (κ2) is 10.2. The van der Waals surface area contributed by atoms with Gasteiger partial charge in [-0.2, -0.15) is 0 Å². The number of benzene rings is 1. The van der Waals surface area contributed by atoms with Crippen LogP contribution in [0, 0.1) is 18.4 Å². The number of rotatable bonds is 9. The highest BCUT2D eigenvalue weighted by Crippen LogP contribution is 2.14. The molecule has 5 heteroatoms. The van der Waals surface area contributed by atoms with E-state index in [1.165, 1.54) is 12.8 Å². The van der Waals surface area contributed by atoms with Gasteiger partial charge in [0.2, 0.25) is 10.0 Å². The minimum Gasteiger partial charge on any atom is -0.207 e. The molecule has 25 heavy (non-hydrogen) atoms. The first-order chi connectivity index (χ1) is 11.6. The summed E-state index contributed by atoms with van der Waals surface area (Å²) in [6.07, 6.45) is 5.96. The molecule has 0 radical (unpaired) electrons. The van der Waals surface area contributed by atoms with Crippen molar-refractivity contribution in [2.75, 3.05) is 0 Å². The molecule has 1 atom stereocenters. The van der Waals surface area contributed by atoms with Gasteiger partial charge in [0.05, 0.1) is 4.90 Å². The molecule has 0 heterocycles. The molecule has 0 saturated carbocycles. The third kappa shape index (κ3) is 9.25. The van der Waals surface area contributed by atoms with E-state index in [1.807, 2.05) is 19.1 Å². The van der Waals surface area contributed by atoms with Gasteiger partial charge in [0, 0.05) is 12.5 Å². The van der Waals surface area contributed by atoms with Crippen LogP contribution in [-0.2, 0) is 10.0 Å². The number of nitrogens with one attached hydrogen (secondary N) is 1. The van der Waals surface area contributed by atoms with Gasteiger partial charge in [-0.25, -0.2) is 13.1 Å². The van der Waals surface area contributed by atoms with E-state index >= 15 is 0 Å². The summed E-state index contributed by atoms with van der Waals surface area (Å²) in [7, 11) is -4.93. The molecule has 0 bridgehead atoms. The van der Waals surface area contributed by atoms with Gasteiger partial charge in [0.25, 0.3) is 0 Å². The zero-order chi connectivity index (χ0) is 18.9. The third-order valence-electron chi connectivity index (χ3n) is 3.87. The number of unbranched alkanes of at least 4 members (excludes halogenated alkanes) is 3. The van der Waals surface area contributed by atoms with Crippen molar-refractivity contribution in [1.82, 2.24) is 4.72 Å². The second-order valence-corrected chi connectivity index (χ2v) is 14.2. The van der Waals surface area contributed by atoms with Gasteiger partial charge >= 0.3 is 0 Å². The van der Waals surface area contributed by atoms with Gasteiger partial charge in [-0.1, -0.05) is 69.9 Å². The lowest BCUT2D eigenvalue weighted by atomic mass is 10.1. The Balaban J connectivity index is 2.82. The molecule has 0 amide bonds. The summed E-state index contributed by atoms with van der Waals surface area (Å²) in [6.45, 7) is 10.7. The lowest BCUT2D eigenvalue weighted by Gasteiger charge is -2.17. The summed E-state index contributed by atoms with van der Waals surface area (Å²) in [5.41, 5.74) is 4.39. The van der Waals surface area contributed by atoms with Crippen LogP contribution in [0.3, 0.4) is 0 Å². The van der Waals surface area contributed by atoms with Crippen LogP contribution < -0.4 is 4.72 Å². The fraction of sp³-hybridized carbons (Fsp3) is 0.600. The van der Waals surface area contributed by atoms with Crippen molar-refractivity contribution >= 4 is 18.1 Å². The Morgan fingerprint density at radius 1 is 1.08 bits per heavy atom. The standard InChI is InChI=1S/C20H33NO2SSi/c1-6-7-8-9-11-19(12-10-17-25(3,4)5)21-24(22,23)20-15-13-18(2)14-16-20/h13-16,19,21H,6-9,11-12H2,1-5H3. The molecule has 0 saturated heterocycles. The Hall–Kier alpha value is -1.09. The zero-order valence-corrected chi connectivity index (χ0v) is 18.2. The molecule has 1 rings (SSSR count). The summed E-state index contributed by atoms with van der Waals surface area (Å²) in [5.74, 6) is 3.23. The highest BCUT2D eigenvalue weighted by Gasteiger charge is 2.19. The van der Waals surface area contributed by atoms with E-state index in [1.54, 1.807) is 12.1 Å². The number of sulfonamides is 1. The molecule has 1 N–H and O–H groups in total. The third-order valence-corrected chi connectivity index (χ3v) is 6.33. The van der Waals surface area contributed by atoms with Crippen LogP contribution in [0.2, 0.25) is 19.6 Å². The van der Waals surface area contributed by atoms with Crippen LogP contribution in [-0.4, -0.2) is 22.5 Å². The predicted molar refractivity (Wildman–Crippen MR) is 110 cm³/mol. The van der Waals surface area contributed by atoms with Crippen molar-refractivity contribution in [3.63, 3.8) is 0 Å². The molecule has 1 aromatic carbocycles. The highest BCUT2D eigenvalue weighted by molar-refractivity contribution is 7.89. The monoisotopic (exact) mass is 379 g/mol. The highest BCUT2D eigenvalue weighted by atomic mass is 32.2. The SMILES string of the molecule is CCCCCCC(CC#C[Si](C)(C)C)NS(=O)(=O)c1ccc(C)cc1. The molecular formula is C20H33NO2SSi. The van der Waals surface area contributed by atoms with Crippen molar-refractivity contribution in [2.45, 2.75) is 83.0 Å². The van der Waals surface area contributed by atoms with Crippen molar-refractivity contribution in [3.05, 3.63) is 29.8 Å². The number of aryl methyl sites for hydroxylation is 1. The molecule has 0 fully saturated rings. The lowest BCUT2D eigenvalue weighted by Crippen LogP contribution is -2.34. The number of hydrogen-bond donors (Lipinski definition) is 1. The van der Waals surface area contributed by atoms with E-state index in [4.69, 9.17) is 0 Å². The Morgan fingerprint density at radius 3 is 2.28 bits per heavy atom. The average molecular weight is 380 g/mol. The van der Waals surface area contributed by atoms with Crippen molar-refractivity contribution in [1.29, 1.82) is 0 Å². The van der Waals surface area contributed by atoms with E-state index in [0.717, 1.165) is 24.8 Å². The summed E-state index contributed by atoms with van der Waals surface area (Å²) in [4.78, 5) is 0.329. The lowest BCUT2D eigenvalue weighted by molar-refractivity contribution is 0.505. The maximum absolute atomic E-state index is 12.7. The first-order valence-corrected chi connectivity index (χ1v) is 14.2. The fourth-order valence-electron chi connectivity index (χ4n) is 2.46. The minimum atomic E-state index is -3.49. The van der Waals surface area contributed by atoms with Crippen molar-refractivity contribution in [2.24, 2.45) is 0 Å². The van der Waals surface area contributed by atoms with Crippen LogP contribution in [0.1, 0.15) is 51.0 Å². The molecule has 0 aliphatic heterocycles. The fourth-order valence-corrected chi connectivity index (χ4v) is 4.37. The molecule has 3 nitrogen and oxygen atoms in total. The largest absolute Gasteiger partial charge is 0.240 e. The molecule has 0 aliphatic rings. The Morgan fingerprint density at radius 2 is 1.72 bits per heavy atom. The van der Waals surface area contributed by atoms with E-state index in [0.29, 0.717) is 11.3 Å². The normalized spacial score (nSPS) is 13.2. The molecule has 0 aromatic heterocycles. The maximum atomic E-state index is 12.7. The van der Waals surface area contributed by atoms with Gasteiger partial charge in [-0.3, -0.25) is 0 Å². The smallest absolute Gasteiger partial charge is 0.207 e. The van der Waals surface area contributed by atoms with Gasteiger partial charge in [-0.05, 0) is 25.5 Å². The van der Waals surface area contributed by atoms with Gasteiger partial charge in [0.1, 0.15) is 8.07 Å². The zero-order valence-electron chi connectivity index (χ0n) is 16.4. The molecule has 1 aromatic rings. The summed E-state index contributed by atoms with van der Waals surface area (Å²) in [6, 6.07) is 6.87. The van der Waals surface area contributed by atoms with Gasteiger partial charge in [0.15, 0.2) is 0 Å². The van der Waals surface area contributed by atoms with Crippen LogP contribution >= 0.6 is 0 Å². The predicted octanol–water partition coefficient (Wildman–Crippen LogP) is 4.88. The van der Waals surface area contributed by atoms with Crippen LogP contribution in [0.4, 0.5) is 0 Å². The van der Waals surface area contributed by atoms with Gasteiger partial charge < -0.3 is 0 Å². The Kier molecular flexibility index (Phi) is 8.91. The molecule has 140 valence electrons. The first kappa shape index (κ1) is 21.9. The van der Waals surface area contributed by atoms with Crippen LogP contribution in [0.15, 0.2) is 29.2 Å². The second-order valence-electron chi connectivity index (χ2n) is 7.74. The summed E-state index contributed by atoms with van der Waals surface area (Å²) in [5, 5.41) is 0. The minimum absolute atomic E-state index is 0.119. The quantitative estimate of drug-likeness (QED) is 0.377. The molecule has 1 unspecified atom stereocenters. The molecule has 0 aliphatic carbocycles. The average Bonchev–Trinajstić information content (AvgIpc) is 2.50. The van der Waals surface area contributed by atoms with E-state index < -0.39 is 18.1 Å². The number of hydrogen-bond acceptors (Lipinski definition) is 2. The van der Waals surface area contributed by atoms with Crippen molar-refractivity contribution < 1.29 is 8.42 Å². The molecule has 0 spiro atoms. The van der Waals surface area contributed by atoms with E-state index in [9.17, 15) is 8.42 Å². The van der Waals surface area contributed by atoms with Crippen LogP contribution in [0.25, 0.3) is 0 Å².